The van der Waals surface area contributed by atoms with E-state index in [9.17, 15) is 14.4 Å². The third-order valence-electron chi connectivity index (χ3n) is 2.52. The molecule has 1 aromatic carbocycles. The van der Waals surface area contributed by atoms with Gasteiger partial charge in [-0.15, -0.1) is 0 Å². The van der Waals surface area contributed by atoms with Crippen LogP contribution in [0.25, 0.3) is 5.69 Å². The molecule has 0 atom stereocenters. The molecule has 0 aliphatic carbocycles. The number of carbonyl (C=O) groups is 2. The van der Waals surface area contributed by atoms with Gasteiger partial charge in [0, 0.05) is 12.4 Å². The van der Waals surface area contributed by atoms with Crippen molar-refractivity contribution < 1.29 is 14.3 Å². The van der Waals surface area contributed by atoms with Gasteiger partial charge in [0.05, 0.1) is 17.9 Å². The van der Waals surface area contributed by atoms with E-state index in [4.69, 9.17) is 0 Å². The predicted octanol–water partition coefficient (Wildman–Crippen LogP) is 0.911. The molecule has 0 amide bonds. The fourth-order valence-electron chi connectivity index (χ4n) is 1.69. The van der Waals surface area contributed by atoms with Gasteiger partial charge in [-0.25, -0.2) is 9.59 Å². The van der Waals surface area contributed by atoms with Gasteiger partial charge in [-0.2, -0.15) is 0 Å². The lowest BCUT2D eigenvalue weighted by atomic mass is 10.1. The summed E-state index contributed by atoms with van der Waals surface area (Å²) in [4.78, 5) is 37.5. The van der Waals surface area contributed by atoms with Crippen LogP contribution in [0.5, 0.6) is 0 Å². The number of hydrogen-bond donors (Lipinski definition) is 1. The fraction of sp³-hybridized carbons (Fsp3) is 0.154. The average molecular weight is 260 g/mol. The van der Waals surface area contributed by atoms with E-state index in [1.807, 2.05) is 0 Å². The van der Waals surface area contributed by atoms with Gasteiger partial charge in [-0.3, -0.25) is 9.36 Å². The molecule has 19 heavy (non-hydrogen) atoms. The van der Waals surface area contributed by atoms with Gasteiger partial charge in [0.15, 0.2) is 0 Å². The first-order valence-electron chi connectivity index (χ1n) is 5.72. The van der Waals surface area contributed by atoms with Crippen LogP contribution in [-0.2, 0) is 9.53 Å². The quantitative estimate of drug-likeness (QED) is 0.503. The SMILES string of the molecule is CCOC(=O)C(=O)c1ccccc1-n1cc[nH]c1=O. The van der Waals surface area contributed by atoms with Gasteiger partial charge in [0.2, 0.25) is 0 Å². The minimum atomic E-state index is -0.932. The number of benzene rings is 1. The summed E-state index contributed by atoms with van der Waals surface area (Å²) in [6, 6.07) is 6.36. The second kappa shape index (κ2) is 5.34. The Bertz CT molecular complexity index is 669. The number of H-pyrrole nitrogens is 1. The van der Waals surface area contributed by atoms with Gasteiger partial charge in [-0.1, -0.05) is 12.1 Å². The summed E-state index contributed by atoms with van der Waals surface area (Å²) in [5.74, 6) is -1.70. The van der Waals surface area contributed by atoms with E-state index in [1.165, 1.54) is 23.0 Å². The first-order valence-corrected chi connectivity index (χ1v) is 5.72. The zero-order valence-corrected chi connectivity index (χ0v) is 10.3. The molecule has 1 aromatic heterocycles. The average Bonchev–Trinajstić information content (AvgIpc) is 2.84. The summed E-state index contributed by atoms with van der Waals surface area (Å²) >= 11 is 0. The number of imidazole rings is 1. The van der Waals surface area contributed by atoms with Crippen LogP contribution >= 0.6 is 0 Å². The maximum Gasteiger partial charge on any atom is 0.379 e. The van der Waals surface area contributed by atoms with Gasteiger partial charge in [0.1, 0.15) is 0 Å². The molecule has 0 bridgehead atoms. The molecule has 0 fully saturated rings. The van der Waals surface area contributed by atoms with Crippen molar-refractivity contribution in [3.05, 3.63) is 52.7 Å². The third kappa shape index (κ3) is 2.47. The maximum absolute atomic E-state index is 12.0. The van der Waals surface area contributed by atoms with E-state index in [0.29, 0.717) is 5.69 Å². The molecular formula is C13H12N2O4. The first kappa shape index (κ1) is 12.8. The van der Waals surface area contributed by atoms with Gasteiger partial charge >= 0.3 is 11.7 Å². The highest BCUT2D eigenvalue weighted by Gasteiger charge is 2.21. The lowest BCUT2D eigenvalue weighted by molar-refractivity contribution is -0.137. The van der Waals surface area contributed by atoms with Crippen LogP contribution in [0.4, 0.5) is 0 Å². The number of Topliss-reactive ketones (excluding diaryl/α,β-unsaturated/α-hetero) is 1. The lowest BCUT2D eigenvalue weighted by Crippen LogP contribution is -2.22. The monoisotopic (exact) mass is 260 g/mol. The number of rotatable bonds is 4. The zero-order valence-electron chi connectivity index (χ0n) is 10.3. The highest BCUT2D eigenvalue weighted by Crippen LogP contribution is 2.13. The lowest BCUT2D eigenvalue weighted by Gasteiger charge is -2.07. The van der Waals surface area contributed by atoms with E-state index in [-0.39, 0.29) is 17.9 Å². The Morgan fingerprint density at radius 3 is 2.68 bits per heavy atom. The van der Waals surface area contributed by atoms with Crippen LogP contribution in [0, 0.1) is 0 Å². The number of nitrogens with zero attached hydrogens (tertiary/aromatic N) is 1. The molecular weight excluding hydrogens is 248 g/mol. The smallest absolute Gasteiger partial charge is 0.379 e. The van der Waals surface area contributed by atoms with Crippen molar-refractivity contribution in [2.24, 2.45) is 0 Å². The Morgan fingerprint density at radius 2 is 2.05 bits per heavy atom. The molecule has 0 saturated carbocycles. The van der Waals surface area contributed by atoms with Crippen molar-refractivity contribution in [1.29, 1.82) is 0 Å². The Balaban J connectivity index is 2.48. The van der Waals surface area contributed by atoms with Crippen LogP contribution in [0.2, 0.25) is 0 Å². The number of ether oxygens (including phenoxy) is 1. The van der Waals surface area contributed by atoms with Gasteiger partial charge in [-0.05, 0) is 19.1 Å². The normalized spacial score (nSPS) is 10.2. The van der Waals surface area contributed by atoms with Crippen LogP contribution in [0.15, 0.2) is 41.5 Å². The summed E-state index contributed by atoms with van der Waals surface area (Å²) in [5.41, 5.74) is 0.0820. The summed E-state index contributed by atoms with van der Waals surface area (Å²) in [6.45, 7) is 1.74. The summed E-state index contributed by atoms with van der Waals surface area (Å²) in [7, 11) is 0. The van der Waals surface area contributed by atoms with Crippen LogP contribution in [0.3, 0.4) is 0 Å². The van der Waals surface area contributed by atoms with E-state index < -0.39 is 11.8 Å². The van der Waals surface area contributed by atoms with E-state index in [0.717, 1.165) is 0 Å². The van der Waals surface area contributed by atoms with Crippen molar-refractivity contribution in [2.45, 2.75) is 6.92 Å². The highest BCUT2D eigenvalue weighted by atomic mass is 16.5. The third-order valence-corrected chi connectivity index (χ3v) is 2.52. The highest BCUT2D eigenvalue weighted by molar-refractivity contribution is 6.41. The number of carbonyl (C=O) groups excluding carboxylic acids is 2. The van der Waals surface area contributed by atoms with Gasteiger partial charge in [0.25, 0.3) is 5.78 Å². The minimum absolute atomic E-state index is 0.122. The standard InChI is InChI=1S/C13H12N2O4/c1-2-19-12(17)11(16)9-5-3-4-6-10(9)15-8-7-14-13(15)18/h3-8H,2H2,1H3,(H,14,18). The molecule has 6 nitrogen and oxygen atoms in total. The van der Waals surface area contributed by atoms with Crippen molar-refractivity contribution in [3.63, 3.8) is 0 Å². The number of para-hydroxylation sites is 1. The topological polar surface area (TPSA) is 81.2 Å². The molecule has 1 heterocycles. The fourth-order valence-corrected chi connectivity index (χ4v) is 1.69. The predicted molar refractivity (Wildman–Crippen MR) is 67.4 cm³/mol. The van der Waals surface area contributed by atoms with Crippen molar-refractivity contribution in [2.75, 3.05) is 6.61 Å². The first-order chi connectivity index (χ1) is 9.15. The maximum atomic E-state index is 12.0. The zero-order chi connectivity index (χ0) is 13.8. The molecule has 98 valence electrons. The number of aromatic amines is 1. The molecule has 0 spiro atoms. The molecule has 2 aromatic rings. The largest absolute Gasteiger partial charge is 0.460 e. The van der Waals surface area contributed by atoms with Crippen LogP contribution < -0.4 is 5.69 Å². The van der Waals surface area contributed by atoms with Crippen molar-refractivity contribution >= 4 is 11.8 Å². The minimum Gasteiger partial charge on any atom is -0.460 e. The molecule has 1 N–H and O–H groups in total. The Labute approximate surface area is 108 Å². The second-order valence-corrected chi connectivity index (χ2v) is 3.70. The molecule has 0 saturated heterocycles. The Morgan fingerprint density at radius 1 is 1.32 bits per heavy atom. The van der Waals surface area contributed by atoms with Crippen LogP contribution in [-0.4, -0.2) is 27.9 Å². The van der Waals surface area contributed by atoms with Crippen molar-refractivity contribution in [1.82, 2.24) is 9.55 Å². The Kier molecular flexibility index (Phi) is 3.61. The van der Waals surface area contributed by atoms with Crippen LogP contribution in [0.1, 0.15) is 17.3 Å². The molecule has 0 unspecified atom stereocenters. The van der Waals surface area contributed by atoms with E-state index >= 15 is 0 Å². The summed E-state index contributed by atoms with van der Waals surface area (Å²) < 4.78 is 5.93. The molecule has 2 rings (SSSR count). The molecule has 0 aliphatic rings. The van der Waals surface area contributed by atoms with E-state index in [1.54, 1.807) is 25.1 Å². The summed E-state index contributed by atoms with van der Waals surface area (Å²) in [5, 5.41) is 0. The summed E-state index contributed by atoms with van der Waals surface area (Å²) in [6.07, 6.45) is 2.94. The number of aromatic nitrogens is 2. The molecule has 6 heteroatoms. The van der Waals surface area contributed by atoms with Crippen molar-refractivity contribution in [3.8, 4) is 5.69 Å². The van der Waals surface area contributed by atoms with Gasteiger partial charge < -0.3 is 9.72 Å². The number of esters is 1. The second-order valence-electron chi connectivity index (χ2n) is 3.70. The Hall–Kier alpha value is -2.63. The molecule has 0 aliphatic heterocycles. The number of nitrogens with one attached hydrogen (secondary N) is 1. The number of hydrogen-bond acceptors (Lipinski definition) is 4. The van der Waals surface area contributed by atoms with E-state index in [2.05, 4.69) is 9.72 Å². The molecule has 0 radical (unpaired) electrons. The number of ketones is 1.